The van der Waals surface area contributed by atoms with E-state index in [1.54, 1.807) is 18.4 Å². The highest BCUT2D eigenvalue weighted by Gasteiger charge is 2.26. The summed E-state index contributed by atoms with van der Waals surface area (Å²) in [7, 11) is 1.69. The Kier molecular flexibility index (Phi) is 5.19. The second-order valence-corrected chi connectivity index (χ2v) is 9.08. The van der Waals surface area contributed by atoms with Gasteiger partial charge in [-0.25, -0.2) is 4.98 Å². The van der Waals surface area contributed by atoms with Crippen LogP contribution in [0.5, 0.6) is 5.75 Å². The van der Waals surface area contributed by atoms with E-state index in [4.69, 9.17) is 4.74 Å². The normalized spacial score (nSPS) is 15.6. The molecule has 1 aliphatic carbocycles. The molecule has 6 nitrogen and oxygen atoms in total. The van der Waals surface area contributed by atoms with Crippen LogP contribution in [0.1, 0.15) is 51.1 Å². The lowest BCUT2D eigenvalue weighted by atomic mass is 9.92. The van der Waals surface area contributed by atoms with E-state index in [0.717, 1.165) is 51.4 Å². The second-order valence-electron chi connectivity index (χ2n) is 7.85. The van der Waals surface area contributed by atoms with Crippen molar-refractivity contribution in [3.63, 3.8) is 0 Å². The largest absolute Gasteiger partial charge is 0.496 e. The lowest BCUT2D eigenvalue weighted by molar-refractivity contribution is 0.0933. The highest BCUT2D eigenvalue weighted by Crippen LogP contribution is 2.31. The molecule has 0 spiro atoms. The molecule has 0 aliphatic heterocycles. The minimum Gasteiger partial charge on any atom is -0.496 e. The van der Waals surface area contributed by atoms with Gasteiger partial charge in [-0.1, -0.05) is 18.2 Å². The number of ether oxygens (including phenoxy) is 1. The number of hydrogen-bond acceptors (Lipinski definition) is 5. The van der Waals surface area contributed by atoms with Crippen LogP contribution in [-0.2, 0) is 13.0 Å². The van der Waals surface area contributed by atoms with E-state index in [2.05, 4.69) is 21.5 Å². The quantitative estimate of drug-likeness (QED) is 0.498. The molecular formula is C24H24N4O2S. The van der Waals surface area contributed by atoms with Gasteiger partial charge in [-0.2, -0.15) is 5.10 Å². The molecule has 5 rings (SSSR count). The standard InChI is InChI=1S/C24H24N4O2S/c1-15-26-20-11-10-16(12-23(20)31-15)24(29)27-19-7-5-8-21-18(19)13-25-28(21)14-17-6-3-4-9-22(17)30-2/h3-4,6,9-13,19H,5,7-8,14H2,1-2H3,(H,27,29)/t19-/m1/s1. The van der Waals surface area contributed by atoms with Gasteiger partial charge in [0.15, 0.2) is 0 Å². The van der Waals surface area contributed by atoms with Crippen LogP contribution in [0.25, 0.3) is 10.2 Å². The summed E-state index contributed by atoms with van der Waals surface area (Å²) < 4.78 is 8.57. The predicted molar refractivity (Wildman–Crippen MR) is 122 cm³/mol. The summed E-state index contributed by atoms with van der Waals surface area (Å²) in [6.07, 6.45) is 4.80. The van der Waals surface area contributed by atoms with Crippen LogP contribution < -0.4 is 10.1 Å². The SMILES string of the molecule is COc1ccccc1Cn1ncc2c1CCC[C@H]2NC(=O)c1ccc2nc(C)sc2c1. The van der Waals surface area contributed by atoms with Crippen LogP contribution in [0.3, 0.4) is 0 Å². The van der Waals surface area contributed by atoms with Crippen LogP contribution in [-0.4, -0.2) is 27.8 Å². The van der Waals surface area contributed by atoms with Crippen molar-refractivity contribution in [3.8, 4) is 5.75 Å². The topological polar surface area (TPSA) is 69.0 Å². The predicted octanol–water partition coefficient (Wildman–Crippen LogP) is 4.67. The van der Waals surface area contributed by atoms with E-state index in [1.165, 1.54) is 5.69 Å². The molecule has 31 heavy (non-hydrogen) atoms. The Hall–Kier alpha value is -3.19. The maximum Gasteiger partial charge on any atom is 0.251 e. The molecule has 4 aromatic rings. The molecule has 1 atom stereocenters. The lowest BCUT2D eigenvalue weighted by Gasteiger charge is -2.24. The number of carbonyl (C=O) groups is 1. The van der Waals surface area contributed by atoms with E-state index in [0.29, 0.717) is 12.1 Å². The van der Waals surface area contributed by atoms with Gasteiger partial charge in [-0.15, -0.1) is 11.3 Å². The number of aromatic nitrogens is 3. The van der Waals surface area contributed by atoms with Crippen molar-refractivity contribution in [1.82, 2.24) is 20.1 Å². The van der Waals surface area contributed by atoms with Crippen molar-refractivity contribution in [3.05, 3.63) is 76.1 Å². The summed E-state index contributed by atoms with van der Waals surface area (Å²) in [4.78, 5) is 17.5. The molecule has 0 radical (unpaired) electrons. The van der Waals surface area contributed by atoms with Crippen molar-refractivity contribution >= 4 is 27.5 Å². The lowest BCUT2D eigenvalue weighted by Crippen LogP contribution is -2.31. The summed E-state index contributed by atoms with van der Waals surface area (Å²) in [5.74, 6) is 0.810. The van der Waals surface area contributed by atoms with Crippen LogP contribution in [0.4, 0.5) is 0 Å². The van der Waals surface area contributed by atoms with Gasteiger partial charge < -0.3 is 10.1 Å². The molecule has 158 valence electrons. The first-order chi connectivity index (χ1) is 15.1. The Morgan fingerprint density at radius 3 is 3.03 bits per heavy atom. The smallest absolute Gasteiger partial charge is 0.251 e. The fourth-order valence-corrected chi connectivity index (χ4v) is 5.19. The van der Waals surface area contributed by atoms with Crippen molar-refractivity contribution in [2.75, 3.05) is 7.11 Å². The number of thiazole rings is 1. The molecule has 0 saturated heterocycles. The fraction of sp³-hybridized carbons (Fsp3) is 0.292. The summed E-state index contributed by atoms with van der Waals surface area (Å²) in [5.41, 5.74) is 5.01. The molecule has 7 heteroatoms. The molecular weight excluding hydrogens is 408 g/mol. The number of aryl methyl sites for hydroxylation is 1. The first-order valence-electron chi connectivity index (χ1n) is 10.5. The minimum atomic E-state index is -0.0525. The van der Waals surface area contributed by atoms with E-state index in [9.17, 15) is 4.79 Å². The van der Waals surface area contributed by atoms with Crippen LogP contribution in [0, 0.1) is 6.92 Å². The number of methoxy groups -OCH3 is 1. The Labute approximate surface area is 184 Å². The van der Waals surface area contributed by atoms with Gasteiger partial charge in [0, 0.05) is 22.4 Å². The number of benzene rings is 2. The van der Waals surface area contributed by atoms with Crippen molar-refractivity contribution in [2.45, 2.75) is 38.8 Å². The molecule has 2 aromatic heterocycles. The number of fused-ring (bicyclic) bond motifs is 2. The number of nitrogens with zero attached hydrogens (tertiary/aromatic N) is 3. The van der Waals surface area contributed by atoms with Crippen molar-refractivity contribution < 1.29 is 9.53 Å². The summed E-state index contributed by atoms with van der Waals surface area (Å²) in [6.45, 7) is 2.64. The highest BCUT2D eigenvalue weighted by molar-refractivity contribution is 7.18. The molecule has 0 unspecified atom stereocenters. The van der Waals surface area contributed by atoms with E-state index in [-0.39, 0.29) is 11.9 Å². The van der Waals surface area contributed by atoms with Gasteiger partial charge in [-0.3, -0.25) is 9.48 Å². The van der Waals surface area contributed by atoms with Crippen molar-refractivity contribution in [1.29, 1.82) is 0 Å². The van der Waals surface area contributed by atoms with Crippen LogP contribution >= 0.6 is 11.3 Å². The van der Waals surface area contributed by atoms with Gasteiger partial charge in [0.1, 0.15) is 5.75 Å². The first kappa shape index (κ1) is 19.8. The maximum absolute atomic E-state index is 13.0. The number of carbonyl (C=O) groups excluding carboxylic acids is 1. The second kappa shape index (κ2) is 8.15. The Bertz CT molecular complexity index is 1260. The zero-order chi connectivity index (χ0) is 21.4. The average molecular weight is 433 g/mol. The van der Waals surface area contributed by atoms with Crippen LogP contribution in [0.2, 0.25) is 0 Å². The zero-order valence-corrected chi connectivity index (χ0v) is 18.4. The van der Waals surface area contributed by atoms with E-state index >= 15 is 0 Å². The minimum absolute atomic E-state index is 0.0263. The summed E-state index contributed by atoms with van der Waals surface area (Å²) in [6, 6.07) is 13.7. The van der Waals surface area contributed by atoms with Gasteiger partial charge in [0.05, 0.1) is 41.1 Å². The number of para-hydroxylation sites is 1. The monoisotopic (exact) mass is 432 g/mol. The molecule has 0 fully saturated rings. The third-order valence-electron chi connectivity index (χ3n) is 5.84. The fourth-order valence-electron chi connectivity index (χ4n) is 4.32. The number of amides is 1. The van der Waals surface area contributed by atoms with Gasteiger partial charge >= 0.3 is 0 Å². The van der Waals surface area contributed by atoms with Gasteiger partial charge in [-0.05, 0) is 50.5 Å². The third kappa shape index (κ3) is 3.81. The molecule has 1 N–H and O–H groups in total. The molecule has 1 amide bonds. The zero-order valence-electron chi connectivity index (χ0n) is 17.6. The average Bonchev–Trinajstić information content (AvgIpc) is 3.36. The summed E-state index contributed by atoms with van der Waals surface area (Å²) >= 11 is 1.61. The van der Waals surface area contributed by atoms with E-state index < -0.39 is 0 Å². The third-order valence-corrected chi connectivity index (χ3v) is 6.77. The molecule has 2 heterocycles. The Balaban J connectivity index is 1.37. The summed E-state index contributed by atoms with van der Waals surface area (Å²) in [5, 5.41) is 8.88. The maximum atomic E-state index is 13.0. The highest BCUT2D eigenvalue weighted by atomic mass is 32.1. The van der Waals surface area contributed by atoms with Gasteiger partial charge in [0.25, 0.3) is 5.91 Å². The van der Waals surface area contributed by atoms with Gasteiger partial charge in [0.2, 0.25) is 0 Å². The first-order valence-corrected chi connectivity index (χ1v) is 11.3. The Morgan fingerprint density at radius 2 is 2.16 bits per heavy atom. The number of nitrogens with one attached hydrogen (secondary N) is 1. The Morgan fingerprint density at radius 1 is 1.29 bits per heavy atom. The molecule has 1 aliphatic rings. The number of rotatable bonds is 5. The molecule has 0 saturated carbocycles. The van der Waals surface area contributed by atoms with E-state index in [1.807, 2.05) is 54.2 Å². The number of hydrogen-bond donors (Lipinski definition) is 1. The van der Waals surface area contributed by atoms with Crippen molar-refractivity contribution in [2.24, 2.45) is 0 Å². The molecule has 0 bridgehead atoms. The van der Waals surface area contributed by atoms with Crippen LogP contribution in [0.15, 0.2) is 48.7 Å². The molecule has 2 aromatic carbocycles.